The molecule has 3 N–H and O–H groups in total. The zero-order valence-corrected chi connectivity index (χ0v) is 22.0. The standard InChI is InChI=1S/C27H32IN3O3/c1-17(2)12-20(13-18(3)32)26(33)31-25(14-21-16-29-24-7-5-4-6-23(21)24)27(34)30-15-19-8-10-22(28)11-9-19/h4-11,16-17,20,25,29H,12-15H2,1-3H3,(H,30,34)(H,31,33)/t20-,25+/m1/s1. The maximum absolute atomic E-state index is 13.2. The van der Waals surface area contributed by atoms with Crippen LogP contribution in [-0.2, 0) is 27.3 Å². The van der Waals surface area contributed by atoms with Crippen LogP contribution in [-0.4, -0.2) is 28.6 Å². The predicted octanol–water partition coefficient (Wildman–Crippen LogP) is 4.76. The van der Waals surface area contributed by atoms with Crippen molar-refractivity contribution in [1.29, 1.82) is 0 Å². The van der Waals surface area contributed by atoms with Gasteiger partial charge in [-0.3, -0.25) is 9.59 Å². The normalized spacial score (nSPS) is 13.0. The number of benzene rings is 2. The number of hydrogen-bond donors (Lipinski definition) is 3. The number of hydrogen-bond acceptors (Lipinski definition) is 3. The second kappa shape index (κ2) is 12.1. The van der Waals surface area contributed by atoms with Crippen LogP contribution in [0, 0.1) is 15.4 Å². The quantitative estimate of drug-likeness (QED) is 0.289. The van der Waals surface area contributed by atoms with Gasteiger partial charge in [-0.1, -0.05) is 44.2 Å². The molecule has 2 atom stereocenters. The third kappa shape index (κ3) is 7.41. The first-order valence-electron chi connectivity index (χ1n) is 11.6. The monoisotopic (exact) mass is 573 g/mol. The highest BCUT2D eigenvalue weighted by Crippen LogP contribution is 2.21. The zero-order chi connectivity index (χ0) is 24.7. The maximum atomic E-state index is 13.2. The van der Waals surface area contributed by atoms with Gasteiger partial charge in [0.1, 0.15) is 11.8 Å². The Morgan fingerprint density at radius 3 is 2.38 bits per heavy atom. The Bertz CT molecular complexity index is 1140. The third-order valence-electron chi connectivity index (χ3n) is 5.77. The number of carbonyl (C=O) groups is 3. The summed E-state index contributed by atoms with van der Waals surface area (Å²) in [5, 5.41) is 6.95. The maximum Gasteiger partial charge on any atom is 0.243 e. The lowest BCUT2D eigenvalue weighted by Gasteiger charge is -2.23. The second-order valence-corrected chi connectivity index (χ2v) is 10.4. The van der Waals surface area contributed by atoms with Gasteiger partial charge in [0, 0.05) is 46.0 Å². The van der Waals surface area contributed by atoms with Gasteiger partial charge in [0.05, 0.1) is 0 Å². The molecule has 34 heavy (non-hydrogen) atoms. The lowest BCUT2D eigenvalue weighted by molar-refractivity contribution is -0.133. The van der Waals surface area contributed by atoms with Crippen molar-refractivity contribution in [3.05, 3.63) is 69.4 Å². The van der Waals surface area contributed by atoms with Gasteiger partial charge < -0.3 is 20.4 Å². The number of ketones is 1. The number of Topliss-reactive ketones (excluding diaryl/α,β-unsaturated/α-hetero) is 1. The molecule has 2 amide bonds. The van der Waals surface area contributed by atoms with Crippen LogP contribution in [0.2, 0.25) is 0 Å². The van der Waals surface area contributed by atoms with E-state index < -0.39 is 12.0 Å². The fourth-order valence-corrected chi connectivity index (χ4v) is 4.49. The summed E-state index contributed by atoms with van der Waals surface area (Å²) in [5.74, 6) is -0.720. The number of H-pyrrole nitrogens is 1. The minimum atomic E-state index is -0.753. The Labute approximate surface area is 214 Å². The van der Waals surface area contributed by atoms with E-state index in [-0.39, 0.29) is 29.9 Å². The van der Waals surface area contributed by atoms with Crippen molar-refractivity contribution in [2.45, 2.75) is 52.6 Å². The molecular formula is C27H32IN3O3. The van der Waals surface area contributed by atoms with Crippen LogP contribution < -0.4 is 10.6 Å². The summed E-state index contributed by atoms with van der Waals surface area (Å²) in [6.07, 6.45) is 3.00. The number of para-hydroxylation sites is 1. The molecular weight excluding hydrogens is 541 g/mol. The summed E-state index contributed by atoms with van der Waals surface area (Å²) in [7, 11) is 0. The van der Waals surface area contributed by atoms with Gasteiger partial charge in [-0.15, -0.1) is 0 Å². The van der Waals surface area contributed by atoms with Crippen LogP contribution in [0.4, 0.5) is 0 Å². The number of aromatic nitrogens is 1. The van der Waals surface area contributed by atoms with Gasteiger partial charge in [-0.05, 0) is 71.2 Å². The Morgan fingerprint density at radius 2 is 1.71 bits per heavy atom. The minimum absolute atomic E-state index is 0.0304. The van der Waals surface area contributed by atoms with E-state index in [0.29, 0.717) is 19.4 Å². The summed E-state index contributed by atoms with van der Waals surface area (Å²) in [4.78, 5) is 41.4. The summed E-state index contributed by atoms with van der Waals surface area (Å²) in [6, 6.07) is 15.1. The molecule has 1 aromatic heterocycles. The molecule has 0 aliphatic rings. The molecule has 0 fully saturated rings. The van der Waals surface area contributed by atoms with Crippen LogP contribution >= 0.6 is 22.6 Å². The Morgan fingerprint density at radius 1 is 1.00 bits per heavy atom. The number of amides is 2. The fourth-order valence-electron chi connectivity index (χ4n) is 4.13. The third-order valence-corrected chi connectivity index (χ3v) is 6.49. The fraction of sp³-hybridized carbons (Fsp3) is 0.370. The molecule has 7 heteroatoms. The van der Waals surface area contributed by atoms with Crippen molar-refractivity contribution >= 4 is 51.1 Å². The molecule has 0 spiro atoms. The average molecular weight is 573 g/mol. The van der Waals surface area contributed by atoms with Gasteiger partial charge in [-0.25, -0.2) is 0 Å². The van der Waals surface area contributed by atoms with Crippen LogP contribution in [0.5, 0.6) is 0 Å². The number of rotatable bonds is 11. The largest absolute Gasteiger partial charge is 0.361 e. The highest BCUT2D eigenvalue weighted by atomic mass is 127. The molecule has 2 aromatic carbocycles. The number of nitrogens with one attached hydrogen (secondary N) is 3. The Balaban J connectivity index is 1.79. The first kappa shape index (κ1) is 25.9. The van der Waals surface area contributed by atoms with Gasteiger partial charge >= 0.3 is 0 Å². The highest BCUT2D eigenvalue weighted by molar-refractivity contribution is 14.1. The van der Waals surface area contributed by atoms with E-state index >= 15 is 0 Å². The van der Waals surface area contributed by atoms with Crippen molar-refractivity contribution in [3.8, 4) is 0 Å². The number of halogens is 1. The summed E-state index contributed by atoms with van der Waals surface area (Å²) in [5.41, 5.74) is 2.92. The number of fused-ring (bicyclic) bond motifs is 1. The van der Waals surface area contributed by atoms with Gasteiger partial charge in [0.2, 0.25) is 11.8 Å². The van der Waals surface area contributed by atoms with E-state index in [1.54, 1.807) is 0 Å². The van der Waals surface area contributed by atoms with Crippen LogP contribution in [0.15, 0.2) is 54.7 Å². The first-order chi connectivity index (χ1) is 16.2. The van der Waals surface area contributed by atoms with Crippen LogP contribution in [0.25, 0.3) is 10.9 Å². The summed E-state index contributed by atoms with van der Waals surface area (Å²) >= 11 is 2.24. The topological polar surface area (TPSA) is 91.1 Å². The zero-order valence-electron chi connectivity index (χ0n) is 19.9. The van der Waals surface area contributed by atoms with E-state index in [2.05, 4.69) is 38.2 Å². The molecule has 0 bridgehead atoms. The molecule has 0 saturated heterocycles. The number of carbonyl (C=O) groups excluding carboxylic acids is 3. The first-order valence-corrected chi connectivity index (χ1v) is 12.7. The van der Waals surface area contributed by atoms with E-state index in [1.165, 1.54) is 6.92 Å². The van der Waals surface area contributed by atoms with Crippen LogP contribution in [0.3, 0.4) is 0 Å². The molecule has 6 nitrogen and oxygen atoms in total. The molecule has 0 unspecified atom stereocenters. The van der Waals surface area contributed by atoms with E-state index in [1.807, 2.05) is 68.6 Å². The minimum Gasteiger partial charge on any atom is -0.361 e. The highest BCUT2D eigenvalue weighted by Gasteiger charge is 2.28. The van der Waals surface area contributed by atoms with Crippen molar-refractivity contribution in [3.63, 3.8) is 0 Å². The molecule has 3 rings (SSSR count). The lowest BCUT2D eigenvalue weighted by Crippen LogP contribution is -2.49. The summed E-state index contributed by atoms with van der Waals surface area (Å²) in [6.45, 7) is 5.92. The van der Waals surface area contributed by atoms with E-state index in [0.717, 1.165) is 25.6 Å². The van der Waals surface area contributed by atoms with Gasteiger partial charge in [0.15, 0.2) is 0 Å². The van der Waals surface area contributed by atoms with Crippen molar-refractivity contribution in [2.75, 3.05) is 0 Å². The van der Waals surface area contributed by atoms with Crippen LogP contribution in [0.1, 0.15) is 44.7 Å². The average Bonchev–Trinajstić information content (AvgIpc) is 3.20. The number of aromatic amines is 1. The molecule has 0 aliphatic heterocycles. The Kier molecular flexibility index (Phi) is 9.27. The smallest absolute Gasteiger partial charge is 0.243 e. The molecule has 0 saturated carbocycles. The summed E-state index contributed by atoms with van der Waals surface area (Å²) < 4.78 is 1.12. The van der Waals surface area contributed by atoms with Gasteiger partial charge in [0.25, 0.3) is 0 Å². The van der Waals surface area contributed by atoms with Crippen molar-refractivity contribution < 1.29 is 14.4 Å². The van der Waals surface area contributed by atoms with Crippen molar-refractivity contribution in [1.82, 2.24) is 15.6 Å². The molecule has 0 aliphatic carbocycles. The second-order valence-electron chi connectivity index (χ2n) is 9.20. The van der Waals surface area contributed by atoms with E-state index in [4.69, 9.17) is 0 Å². The molecule has 0 radical (unpaired) electrons. The SMILES string of the molecule is CC(=O)C[C@@H](CC(C)C)C(=O)N[C@@H](Cc1c[nH]c2ccccc12)C(=O)NCc1ccc(I)cc1. The van der Waals surface area contributed by atoms with E-state index in [9.17, 15) is 14.4 Å². The molecule has 1 heterocycles. The predicted molar refractivity (Wildman–Crippen MR) is 143 cm³/mol. The lowest BCUT2D eigenvalue weighted by atomic mass is 9.91. The Hall–Kier alpha value is -2.68. The van der Waals surface area contributed by atoms with Gasteiger partial charge in [-0.2, -0.15) is 0 Å². The molecule has 180 valence electrons. The van der Waals surface area contributed by atoms with Crippen molar-refractivity contribution in [2.24, 2.45) is 11.8 Å². The molecule has 3 aromatic rings.